The highest BCUT2D eigenvalue weighted by Crippen LogP contribution is 2.35. The van der Waals surface area contributed by atoms with E-state index in [2.05, 4.69) is 15.4 Å². The Morgan fingerprint density at radius 2 is 2.00 bits per heavy atom. The van der Waals surface area contributed by atoms with Crippen molar-refractivity contribution in [3.63, 3.8) is 0 Å². The molecular weight excluding hydrogens is 401 g/mol. The number of fused-ring (bicyclic) bond motifs is 1. The van der Waals surface area contributed by atoms with Crippen LogP contribution in [0.5, 0.6) is 5.75 Å². The average Bonchev–Trinajstić information content (AvgIpc) is 3.08. The molecule has 0 bridgehead atoms. The molecule has 1 fully saturated rings. The summed E-state index contributed by atoms with van der Waals surface area (Å²) >= 11 is 0. The summed E-state index contributed by atoms with van der Waals surface area (Å²) < 4.78 is 45.7. The second-order valence-corrected chi connectivity index (χ2v) is 6.67. The third-order valence-corrected chi connectivity index (χ3v) is 4.81. The molecule has 0 spiro atoms. The maximum absolute atomic E-state index is 12.8. The Labute approximate surface area is 169 Å². The van der Waals surface area contributed by atoms with Crippen LogP contribution in [0, 0.1) is 0 Å². The Balaban J connectivity index is 0.00000124. The van der Waals surface area contributed by atoms with Gasteiger partial charge in [-0.2, -0.15) is 18.3 Å². The van der Waals surface area contributed by atoms with Crippen LogP contribution in [0.25, 0.3) is 10.9 Å². The number of amides is 1. The third-order valence-electron chi connectivity index (χ3n) is 4.81. The van der Waals surface area contributed by atoms with Gasteiger partial charge < -0.3 is 14.8 Å². The summed E-state index contributed by atoms with van der Waals surface area (Å²) in [6, 6.07) is 6.96. The Bertz CT molecular complexity index is 1060. The molecule has 1 aromatic carbocycles. The van der Waals surface area contributed by atoms with E-state index in [0.29, 0.717) is 17.5 Å². The number of rotatable bonds is 4. The number of carbonyl (C=O) groups is 2. The van der Waals surface area contributed by atoms with E-state index in [1.165, 1.54) is 19.6 Å². The van der Waals surface area contributed by atoms with E-state index < -0.39 is 17.8 Å². The number of hydrogen-bond acceptors (Lipinski definition) is 5. The normalized spacial score (nSPS) is 13.9. The lowest BCUT2D eigenvalue weighted by Crippen LogP contribution is -2.17. The zero-order chi connectivity index (χ0) is 21.9. The van der Waals surface area contributed by atoms with E-state index in [1.807, 2.05) is 17.7 Å². The summed E-state index contributed by atoms with van der Waals surface area (Å²) in [7, 11) is 1.45. The van der Waals surface area contributed by atoms with Crippen molar-refractivity contribution in [2.24, 2.45) is 0 Å². The van der Waals surface area contributed by atoms with Crippen LogP contribution >= 0.6 is 0 Å². The molecule has 1 aliphatic rings. The molecule has 1 aliphatic carbocycles. The molecule has 30 heavy (non-hydrogen) atoms. The van der Waals surface area contributed by atoms with Crippen LogP contribution in [0.1, 0.15) is 41.5 Å². The Hall–Kier alpha value is -3.43. The molecule has 2 aromatic heterocycles. The highest BCUT2D eigenvalue weighted by molar-refractivity contribution is 6.05. The van der Waals surface area contributed by atoms with E-state index >= 15 is 0 Å². The summed E-state index contributed by atoms with van der Waals surface area (Å²) in [5, 5.41) is 7.94. The number of ether oxygens (including phenoxy) is 1. The Morgan fingerprint density at radius 3 is 2.60 bits per heavy atom. The molecule has 158 valence electrons. The lowest BCUT2D eigenvalue weighted by molar-refractivity contribution is -0.141. The van der Waals surface area contributed by atoms with Crippen molar-refractivity contribution in [3.8, 4) is 5.75 Å². The molecule has 0 aliphatic heterocycles. The lowest BCUT2D eigenvalue weighted by atomic mass is 9.93. The lowest BCUT2D eigenvalue weighted by Gasteiger charge is -2.25. The van der Waals surface area contributed by atoms with Crippen LogP contribution in [0.2, 0.25) is 0 Å². The van der Waals surface area contributed by atoms with Crippen LogP contribution in [0.15, 0.2) is 36.5 Å². The topological polar surface area (TPSA) is 86.1 Å². The van der Waals surface area contributed by atoms with Crippen molar-refractivity contribution in [2.45, 2.75) is 31.5 Å². The number of aromatic nitrogens is 3. The highest BCUT2D eigenvalue weighted by atomic mass is 19.4. The minimum absolute atomic E-state index is 0.331. The summed E-state index contributed by atoms with van der Waals surface area (Å²) in [5.74, 6) is -0.387. The maximum atomic E-state index is 12.8. The minimum Gasteiger partial charge on any atom is -0.494 e. The van der Waals surface area contributed by atoms with E-state index in [0.717, 1.165) is 35.9 Å². The van der Waals surface area contributed by atoms with Gasteiger partial charge in [-0.05, 0) is 37.5 Å². The van der Waals surface area contributed by atoms with Crippen LogP contribution in [0.4, 0.5) is 18.9 Å². The average molecular weight is 420 g/mol. The monoisotopic (exact) mass is 420 g/mol. The van der Waals surface area contributed by atoms with Crippen LogP contribution in [-0.4, -0.2) is 34.6 Å². The van der Waals surface area contributed by atoms with E-state index in [4.69, 9.17) is 9.53 Å². The van der Waals surface area contributed by atoms with E-state index in [-0.39, 0.29) is 5.69 Å². The number of pyridine rings is 1. The quantitative estimate of drug-likeness (QED) is 0.682. The number of halogens is 3. The minimum atomic E-state index is -4.62. The van der Waals surface area contributed by atoms with Gasteiger partial charge in [0.25, 0.3) is 5.91 Å². The fourth-order valence-electron chi connectivity index (χ4n) is 3.08. The van der Waals surface area contributed by atoms with Gasteiger partial charge in [-0.3, -0.25) is 9.48 Å². The molecule has 0 atom stereocenters. The number of anilines is 1. The highest BCUT2D eigenvalue weighted by Gasteiger charge is 2.33. The molecule has 0 unspecified atom stereocenters. The standard InChI is InChI=1S/C19H17F3N4O2.CH2O/c1-28-16-9-14-11(10-26(25-14)12-4-2-5-12)8-15(16)24-18(27)13-6-3-7-17(23-13)19(20,21)22;1-2/h3,6-10,12H,2,4-5H2,1H3,(H,24,27);1H2. The number of benzene rings is 1. The summed E-state index contributed by atoms with van der Waals surface area (Å²) in [6.07, 6.45) is 0.612. The first-order chi connectivity index (χ1) is 14.3. The van der Waals surface area contributed by atoms with Gasteiger partial charge in [0.05, 0.1) is 24.4 Å². The number of carbonyl (C=O) groups excluding carboxylic acids is 2. The van der Waals surface area contributed by atoms with E-state index in [9.17, 15) is 18.0 Å². The van der Waals surface area contributed by atoms with Gasteiger partial charge >= 0.3 is 6.18 Å². The van der Waals surface area contributed by atoms with Crippen LogP contribution < -0.4 is 10.1 Å². The molecule has 1 saturated carbocycles. The molecule has 1 N–H and O–H groups in total. The third kappa shape index (κ3) is 4.27. The van der Waals surface area contributed by atoms with Crippen molar-refractivity contribution >= 4 is 29.3 Å². The van der Waals surface area contributed by atoms with Crippen molar-refractivity contribution in [2.75, 3.05) is 12.4 Å². The number of alkyl halides is 3. The molecule has 0 radical (unpaired) electrons. The van der Waals surface area contributed by atoms with Crippen LogP contribution in [0.3, 0.4) is 0 Å². The summed E-state index contributed by atoms with van der Waals surface area (Å²) in [6.45, 7) is 2.00. The molecule has 3 aromatic rings. The van der Waals surface area contributed by atoms with Gasteiger partial charge in [0.1, 0.15) is 23.9 Å². The SMILES string of the molecule is C=O.COc1cc2nn(C3CCC3)cc2cc1NC(=O)c1cccc(C(F)(F)F)n1. The van der Waals surface area contributed by atoms with Gasteiger partial charge in [-0.25, -0.2) is 4.98 Å². The van der Waals surface area contributed by atoms with Gasteiger partial charge in [-0.1, -0.05) is 6.07 Å². The van der Waals surface area contributed by atoms with Gasteiger partial charge in [0, 0.05) is 17.6 Å². The Morgan fingerprint density at radius 1 is 1.27 bits per heavy atom. The summed E-state index contributed by atoms with van der Waals surface area (Å²) in [5.41, 5.74) is -0.391. The molecule has 0 saturated heterocycles. The van der Waals surface area contributed by atoms with Crippen molar-refractivity contribution in [1.82, 2.24) is 14.8 Å². The largest absolute Gasteiger partial charge is 0.494 e. The fourth-order valence-corrected chi connectivity index (χ4v) is 3.08. The second-order valence-electron chi connectivity index (χ2n) is 6.67. The number of nitrogens with one attached hydrogen (secondary N) is 1. The zero-order valence-electron chi connectivity index (χ0n) is 16.1. The Kier molecular flexibility index (Phi) is 6.04. The predicted molar refractivity (Wildman–Crippen MR) is 103 cm³/mol. The first-order valence-electron chi connectivity index (χ1n) is 9.06. The number of hydrogen-bond donors (Lipinski definition) is 1. The van der Waals surface area contributed by atoms with Crippen molar-refractivity contribution in [3.05, 3.63) is 47.9 Å². The molecule has 7 nitrogen and oxygen atoms in total. The van der Waals surface area contributed by atoms with Crippen molar-refractivity contribution < 1.29 is 27.5 Å². The molecular formula is C20H19F3N4O3. The van der Waals surface area contributed by atoms with E-state index in [1.54, 1.807) is 12.1 Å². The molecule has 2 heterocycles. The molecule has 4 rings (SSSR count). The van der Waals surface area contributed by atoms with Crippen molar-refractivity contribution in [1.29, 1.82) is 0 Å². The maximum Gasteiger partial charge on any atom is 0.433 e. The number of nitrogens with zero attached hydrogens (tertiary/aromatic N) is 3. The van der Waals surface area contributed by atoms with Gasteiger partial charge in [-0.15, -0.1) is 0 Å². The zero-order valence-corrected chi connectivity index (χ0v) is 16.1. The molecule has 1 amide bonds. The first kappa shape index (κ1) is 21.3. The summed E-state index contributed by atoms with van der Waals surface area (Å²) in [4.78, 5) is 23.9. The smallest absolute Gasteiger partial charge is 0.433 e. The second kappa shape index (κ2) is 8.52. The molecule has 10 heteroatoms. The first-order valence-corrected chi connectivity index (χ1v) is 9.06. The fraction of sp³-hybridized carbons (Fsp3) is 0.300. The number of methoxy groups -OCH3 is 1. The van der Waals surface area contributed by atoms with Crippen LogP contribution in [-0.2, 0) is 11.0 Å². The predicted octanol–water partition coefficient (Wildman–Crippen LogP) is 4.25. The van der Waals surface area contributed by atoms with Gasteiger partial charge in [0.2, 0.25) is 0 Å². The van der Waals surface area contributed by atoms with Gasteiger partial charge in [0.15, 0.2) is 0 Å².